The maximum absolute atomic E-state index is 14.1. The summed E-state index contributed by atoms with van der Waals surface area (Å²) in [5.41, 5.74) is -1.07. The zero-order valence-electron chi connectivity index (χ0n) is 16.5. The Morgan fingerprint density at radius 2 is 1.97 bits per heavy atom. The maximum Gasteiger partial charge on any atom is 0.434 e. The van der Waals surface area contributed by atoms with E-state index >= 15 is 0 Å². The van der Waals surface area contributed by atoms with E-state index in [0.29, 0.717) is 16.3 Å². The zero-order chi connectivity index (χ0) is 22.5. The molecule has 4 aromatic rings. The molecule has 1 amide bonds. The maximum atomic E-state index is 14.1. The lowest BCUT2D eigenvalue weighted by atomic mass is 10.1. The van der Waals surface area contributed by atoms with Crippen LogP contribution in [0.25, 0.3) is 16.5 Å². The van der Waals surface area contributed by atoms with Crippen molar-refractivity contribution in [3.05, 3.63) is 82.3 Å². The highest BCUT2D eigenvalue weighted by Crippen LogP contribution is 2.39. The average molecular weight is 439 g/mol. The summed E-state index contributed by atoms with van der Waals surface area (Å²) >= 11 is 0. The topological polar surface area (TPSA) is 92.7 Å². The summed E-state index contributed by atoms with van der Waals surface area (Å²) in [5.74, 6) is -0.607. The number of fused-ring (bicyclic) bond motifs is 1. The predicted octanol–water partition coefficient (Wildman–Crippen LogP) is 4.26. The number of amides is 1. The summed E-state index contributed by atoms with van der Waals surface area (Å²) < 4.78 is 42.8. The molecule has 162 valence electrons. The van der Waals surface area contributed by atoms with Crippen LogP contribution in [-0.4, -0.2) is 25.7 Å². The van der Waals surface area contributed by atoms with Crippen LogP contribution in [0.5, 0.6) is 0 Å². The number of halogens is 3. The van der Waals surface area contributed by atoms with E-state index in [4.69, 9.17) is 0 Å². The summed E-state index contributed by atoms with van der Waals surface area (Å²) in [5, 5.41) is 6.87. The van der Waals surface area contributed by atoms with Crippen molar-refractivity contribution in [2.24, 2.45) is 0 Å². The van der Waals surface area contributed by atoms with Crippen molar-refractivity contribution in [3.8, 4) is 5.69 Å². The van der Waals surface area contributed by atoms with Gasteiger partial charge in [0.05, 0.1) is 17.4 Å². The monoisotopic (exact) mass is 439 g/mol. The fourth-order valence-electron chi connectivity index (χ4n) is 3.69. The van der Waals surface area contributed by atoms with Gasteiger partial charge in [-0.15, -0.1) is 0 Å². The Morgan fingerprint density at radius 3 is 2.72 bits per heavy atom. The highest BCUT2D eigenvalue weighted by atomic mass is 19.4. The van der Waals surface area contributed by atoms with Gasteiger partial charge in [0.1, 0.15) is 0 Å². The first-order chi connectivity index (χ1) is 15.3. The van der Waals surface area contributed by atoms with E-state index in [1.807, 2.05) is 0 Å². The number of hydrogen-bond acceptors (Lipinski definition) is 4. The van der Waals surface area contributed by atoms with E-state index in [1.165, 1.54) is 42.7 Å². The molecule has 0 unspecified atom stereocenters. The number of alkyl halides is 3. The third-order valence-electron chi connectivity index (χ3n) is 5.34. The average Bonchev–Trinajstić information content (AvgIpc) is 3.51. The number of nitrogens with zero attached hydrogens (tertiary/aromatic N) is 3. The van der Waals surface area contributed by atoms with Gasteiger partial charge in [-0.2, -0.15) is 18.3 Å². The number of nitrogens with one attached hydrogen (secondary N) is 2. The van der Waals surface area contributed by atoms with Gasteiger partial charge in [0.25, 0.3) is 11.5 Å². The molecule has 0 bridgehead atoms. The number of hydrogen-bond donors (Lipinski definition) is 2. The van der Waals surface area contributed by atoms with Crippen LogP contribution in [0.4, 0.5) is 18.9 Å². The Balaban J connectivity index is 1.58. The number of benzene rings is 1. The number of rotatable bonds is 4. The molecule has 0 saturated heterocycles. The minimum Gasteiger partial charge on any atom is -0.329 e. The van der Waals surface area contributed by atoms with Crippen LogP contribution >= 0.6 is 0 Å². The molecule has 7 nitrogen and oxygen atoms in total. The third kappa shape index (κ3) is 3.53. The molecule has 1 aliphatic rings. The van der Waals surface area contributed by atoms with E-state index < -0.39 is 28.9 Å². The third-order valence-corrected chi connectivity index (χ3v) is 5.34. The van der Waals surface area contributed by atoms with E-state index in [2.05, 4.69) is 20.4 Å². The van der Waals surface area contributed by atoms with Gasteiger partial charge in [-0.25, -0.2) is 4.68 Å². The van der Waals surface area contributed by atoms with Crippen LogP contribution in [0.15, 0.2) is 59.8 Å². The quantitative estimate of drug-likeness (QED) is 0.497. The molecule has 1 aromatic carbocycles. The van der Waals surface area contributed by atoms with Crippen LogP contribution in [0.2, 0.25) is 0 Å². The molecular formula is C22H16F3N5O2. The van der Waals surface area contributed by atoms with Crippen molar-refractivity contribution in [2.45, 2.75) is 24.9 Å². The molecular weight excluding hydrogens is 423 g/mol. The molecule has 0 spiro atoms. The standard InChI is InChI=1S/C22H16F3N5O2/c23-22(24,25)19-16(21(32)29-13-6-8-26-17(10-13)12-4-5-12)11-28-30(19)18-3-1-2-15-14(18)7-9-27-20(15)31/h1-3,6-12H,4-5H2,(H,27,31)(H,26,29,32). The first kappa shape index (κ1) is 20.0. The fourth-order valence-corrected chi connectivity index (χ4v) is 3.69. The molecule has 3 heterocycles. The summed E-state index contributed by atoms with van der Waals surface area (Å²) in [4.78, 5) is 31.6. The molecule has 0 aliphatic heterocycles. The first-order valence-corrected chi connectivity index (χ1v) is 9.86. The lowest BCUT2D eigenvalue weighted by Gasteiger charge is -2.14. The lowest BCUT2D eigenvalue weighted by molar-refractivity contribution is -0.143. The van der Waals surface area contributed by atoms with Gasteiger partial charge in [-0.05, 0) is 43.2 Å². The van der Waals surface area contributed by atoms with Crippen molar-refractivity contribution >= 4 is 22.4 Å². The highest BCUT2D eigenvalue weighted by molar-refractivity contribution is 6.05. The van der Waals surface area contributed by atoms with Crippen molar-refractivity contribution < 1.29 is 18.0 Å². The van der Waals surface area contributed by atoms with Crippen LogP contribution in [-0.2, 0) is 6.18 Å². The Hall–Kier alpha value is -3.95. The minimum absolute atomic E-state index is 0.0416. The Bertz CT molecular complexity index is 1400. The van der Waals surface area contributed by atoms with E-state index in [-0.39, 0.29) is 16.5 Å². The zero-order valence-corrected chi connectivity index (χ0v) is 16.5. The second-order valence-electron chi connectivity index (χ2n) is 7.56. The summed E-state index contributed by atoms with van der Waals surface area (Å²) in [6, 6.07) is 9.07. The van der Waals surface area contributed by atoms with Crippen LogP contribution in [0.3, 0.4) is 0 Å². The molecule has 3 aromatic heterocycles. The number of carbonyl (C=O) groups excluding carboxylic acids is 1. The highest BCUT2D eigenvalue weighted by Gasteiger charge is 2.41. The Labute approximate surface area is 178 Å². The molecule has 0 radical (unpaired) electrons. The second-order valence-corrected chi connectivity index (χ2v) is 7.56. The van der Waals surface area contributed by atoms with E-state index in [9.17, 15) is 22.8 Å². The molecule has 2 N–H and O–H groups in total. The smallest absolute Gasteiger partial charge is 0.329 e. The van der Waals surface area contributed by atoms with Gasteiger partial charge < -0.3 is 10.3 Å². The largest absolute Gasteiger partial charge is 0.434 e. The SMILES string of the molecule is O=C(Nc1ccnc(C2CC2)c1)c1cnn(-c2cccc3c(=O)[nH]ccc23)c1C(F)(F)F. The number of carbonyl (C=O) groups is 1. The number of aromatic nitrogens is 4. The molecule has 1 aliphatic carbocycles. The van der Waals surface area contributed by atoms with Gasteiger partial charge in [0.2, 0.25) is 0 Å². The molecule has 5 rings (SSSR count). The summed E-state index contributed by atoms with van der Waals surface area (Å²) in [7, 11) is 0. The Morgan fingerprint density at radius 1 is 1.16 bits per heavy atom. The molecule has 0 atom stereocenters. The van der Waals surface area contributed by atoms with Gasteiger partial charge in [0.15, 0.2) is 5.69 Å². The summed E-state index contributed by atoms with van der Waals surface area (Å²) in [6.45, 7) is 0. The molecule has 10 heteroatoms. The summed E-state index contributed by atoms with van der Waals surface area (Å²) in [6.07, 6.45) is 0.883. The molecule has 1 fully saturated rings. The normalized spacial score (nSPS) is 14.0. The van der Waals surface area contributed by atoms with Gasteiger partial charge >= 0.3 is 6.18 Å². The second kappa shape index (κ2) is 7.33. The van der Waals surface area contributed by atoms with Crippen molar-refractivity contribution in [2.75, 3.05) is 5.32 Å². The minimum atomic E-state index is -4.87. The van der Waals surface area contributed by atoms with E-state index in [1.54, 1.807) is 6.07 Å². The fraction of sp³-hybridized carbons (Fsp3) is 0.182. The molecule has 32 heavy (non-hydrogen) atoms. The Kier molecular flexibility index (Phi) is 4.58. The van der Waals surface area contributed by atoms with Crippen molar-refractivity contribution in [3.63, 3.8) is 0 Å². The number of anilines is 1. The van der Waals surface area contributed by atoms with Gasteiger partial charge in [-0.3, -0.25) is 14.6 Å². The number of pyridine rings is 2. The van der Waals surface area contributed by atoms with Crippen LogP contribution in [0, 0.1) is 0 Å². The van der Waals surface area contributed by atoms with Crippen LogP contribution in [0.1, 0.15) is 40.5 Å². The number of H-pyrrole nitrogens is 1. The van der Waals surface area contributed by atoms with Gasteiger partial charge in [-0.1, -0.05) is 6.07 Å². The first-order valence-electron chi connectivity index (χ1n) is 9.86. The predicted molar refractivity (Wildman–Crippen MR) is 111 cm³/mol. The van der Waals surface area contributed by atoms with E-state index in [0.717, 1.165) is 24.7 Å². The number of aromatic amines is 1. The molecule has 1 saturated carbocycles. The van der Waals surface area contributed by atoms with Crippen molar-refractivity contribution in [1.29, 1.82) is 0 Å². The van der Waals surface area contributed by atoms with Crippen molar-refractivity contribution in [1.82, 2.24) is 19.7 Å². The lowest BCUT2D eigenvalue weighted by Crippen LogP contribution is -2.21. The van der Waals surface area contributed by atoms with Crippen LogP contribution < -0.4 is 10.9 Å². The van der Waals surface area contributed by atoms with Gasteiger partial charge in [0, 0.05) is 40.5 Å².